The van der Waals surface area contributed by atoms with Crippen LogP contribution in [0.3, 0.4) is 0 Å². The van der Waals surface area contributed by atoms with E-state index in [2.05, 4.69) is 0 Å². The van der Waals surface area contributed by atoms with Crippen molar-refractivity contribution in [3.8, 4) is 0 Å². The SMILES string of the molecule is Cc1c(C(=O)O)ccc2c(C(=O)O)cccc12. The number of aromatic carboxylic acids is 2. The smallest absolute Gasteiger partial charge is 0.336 e. The highest BCUT2D eigenvalue weighted by molar-refractivity contribution is 6.07. The summed E-state index contributed by atoms with van der Waals surface area (Å²) in [4.78, 5) is 22.0. The molecule has 0 aromatic heterocycles. The normalized spacial score (nSPS) is 10.4. The van der Waals surface area contributed by atoms with Crippen molar-refractivity contribution in [2.45, 2.75) is 6.92 Å². The van der Waals surface area contributed by atoms with Gasteiger partial charge in [-0.2, -0.15) is 0 Å². The summed E-state index contributed by atoms with van der Waals surface area (Å²) in [5, 5.41) is 19.2. The number of fused-ring (bicyclic) bond motifs is 1. The zero-order valence-electron chi connectivity index (χ0n) is 9.10. The molecule has 2 rings (SSSR count). The Hall–Kier alpha value is -2.36. The molecule has 0 aliphatic carbocycles. The summed E-state index contributed by atoms with van der Waals surface area (Å²) in [5.74, 6) is -2.02. The van der Waals surface area contributed by atoms with Crippen molar-refractivity contribution in [1.82, 2.24) is 0 Å². The number of carboxylic acid groups (broad SMARTS) is 2. The number of carboxylic acids is 2. The number of carbonyl (C=O) groups is 2. The Morgan fingerprint density at radius 3 is 2.12 bits per heavy atom. The van der Waals surface area contributed by atoms with Crippen molar-refractivity contribution in [2.75, 3.05) is 0 Å². The molecule has 0 unspecified atom stereocenters. The van der Waals surface area contributed by atoms with Crippen LogP contribution in [0, 0.1) is 6.92 Å². The second kappa shape index (κ2) is 3.90. The van der Waals surface area contributed by atoms with E-state index in [4.69, 9.17) is 10.2 Å². The third-order valence-electron chi connectivity index (χ3n) is 2.79. The van der Waals surface area contributed by atoms with Gasteiger partial charge < -0.3 is 10.2 Å². The standard InChI is InChI=1S/C13H10O4/c1-7-8-3-2-4-11(13(16)17)10(8)6-5-9(7)12(14)15/h2-6H,1H3,(H,14,15)(H,16,17). The maximum Gasteiger partial charge on any atom is 0.336 e. The Kier molecular flexibility index (Phi) is 2.55. The monoisotopic (exact) mass is 230 g/mol. The molecule has 4 heteroatoms. The van der Waals surface area contributed by atoms with Gasteiger partial charge in [0.25, 0.3) is 0 Å². The van der Waals surface area contributed by atoms with Gasteiger partial charge >= 0.3 is 11.9 Å². The van der Waals surface area contributed by atoms with Crippen LogP contribution in [0.2, 0.25) is 0 Å². The molecule has 0 aliphatic heterocycles. The van der Waals surface area contributed by atoms with E-state index in [-0.39, 0.29) is 11.1 Å². The highest BCUT2D eigenvalue weighted by Gasteiger charge is 2.13. The molecular weight excluding hydrogens is 220 g/mol. The molecule has 0 amide bonds. The van der Waals surface area contributed by atoms with Crippen molar-refractivity contribution in [3.05, 3.63) is 47.0 Å². The van der Waals surface area contributed by atoms with E-state index in [1.54, 1.807) is 19.1 Å². The fourth-order valence-electron chi connectivity index (χ4n) is 1.93. The molecule has 0 spiro atoms. The zero-order chi connectivity index (χ0) is 12.6. The number of rotatable bonds is 2. The van der Waals surface area contributed by atoms with Crippen molar-refractivity contribution >= 4 is 22.7 Å². The third kappa shape index (κ3) is 1.73. The van der Waals surface area contributed by atoms with E-state index in [1.165, 1.54) is 18.2 Å². The fourth-order valence-corrected chi connectivity index (χ4v) is 1.93. The second-order valence-electron chi connectivity index (χ2n) is 3.75. The molecule has 0 fully saturated rings. The molecule has 2 N–H and O–H groups in total. The molecule has 0 heterocycles. The lowest BCUT2D eigenvalue weighted by molar-refractivity contribution is 0.0687. The largest absolute Gasteiger partial charge is 0.478 e. The first-order chi connectivity index (χ1) is 8.02. The molecule has 0 saturated carbocycles. The Balaban J connectivity index is 2.85. The summed E-state index contributed by atoms with van der Waals surface area (Å²) in [6.07, 6.45) is 0. The summed E-state index contributed by atoms with van der Waals surface area (Å²) in [6, 6.07) is 7.82. The number of benzene rings is 2. The molecule has 0 saturated heterocycles. The average Bonchev–Trinajstić information content (AvgIpc) is 2.28. The molecule has 17 heavy (non-hydrogen) atoms. The fraction of sp³-hybridized carbons (Fsp3) is 0.0769. The van der Waals surface area contributed by atoms with Gasteiger partial charge in [-0.15, -0.1) is 0 Å². The van der Waals surface area contributed by atoms with Gasteiger partial charge in [-0.05, 0) is 35.4 Å². The summed E-state index contributed by atoms with van der Waals surface area (Å²) in [6.45, 7) is 1.68. The van der Waals surface area contributed by atoms with Crippen LogP contribution in [-0.2, 0) is 0 Å². The minimum Gasteiger partial charge on any atom is -0.478 e. The van der Waals surface area contributed by atoms with Crippen LogP contribution in [0.1, 0.15) is 26.3 Å². The Labute approximate surface area is 97.1 Å². The number of hydrogen-bond donors (Lipinski definition) is 2. The van der Waals surface area contributed by atoms with Gasteiger partial charge in [-0.25, -0.2) is 9.59 Å². The van der Waals surface area contributed by atoms with E-state index >= 15 is 0 Å². The summed E-state index contributed by atoms with van der Waals surface area (Å²) in [7, 11) is 0. The van der Waals surface area contributed by atoms with Gasteiger partial charge in [0.05, 0.1) is 11.1 Å². The van der Waals surface area contributed by atoms with Crippen LogP contribution >= 0.6 is 0 Å². The van der Waals surface area contributed by atoms with E-state index in [0.717, 1.165) is 0 Å². The molecule has 2 aromatic rings. The van der Waals surface area contributed by atoms with Crippen LogP contribution in [0.25, 0.3) is 10.8 Å². The van der Waals surface area contributed by atoms with Crippen molar-refractivity contribution in [2.24, 2.45) is 0 Å². The molecule has 0 aliphatic rings. The van der Waals surface area contributed by atoms with E-state index in [9.17, 15) is 9.59 Å². The third-order valence-corrected chi connectivity index (χ3v) is 2.79. The van der Waals surface area contributed by atoms with E-state index in [1.807, 2.05) is 0 Å². The minimum atomic E-state index is -1.02. The molecule has 0 bridgehead atoms. The second-order valence-corrected chi connectivity index (χ2v) is 3.75. The first kappa shape index (κ1) is 11.1. The lowest BCUT2D eigenvalue weighted by Gasteiger charge is -2.07. The Morgan fingerprint density at radius 1 is 0.882 bits per heavy atom. The van der Waals surface area contributed by atoms with Crippen LogP contribution in [0.15, 0.2) is 30.3 Å². The molecule has 2 aromatic carbocycles. The van der Waals surface area contributed by atoms with E-state index < -0.39 is 11.9 Å². The first-order valence-corrected chi connectivity index (χ1v) is 5.01. The molecule has 4 nitrogen and oxygen atoms in total. The van der Waals surface area contributed by atoms with Crippen LogP contribution < -0.4 is 0 Å². The molecular formula is C13H10O4. The minimum absolute atomic E-state index is 0.183. The average molecular weight is 230 g/mol. The van der Waals surface area contributed by atoms with Crippen LogP contribution in [-0.4, -0.2) is 22.2 Å². The maximum atomic E-state index is 11.0. The van der Waals surface area contributed by atoms with Gasteiger partial charge in [0.15, 0.2) is 0 Å². The maximum absolute atomic E-state index is 11.0. The Bertz CT molecular complexity index is 629. The summed E-state index contributed by atoms with van der Waals surface area (Å²) in [5.41, 5.74) is 0.959. The van der Waals surface area contributed by atoms with Crippen molar-refractivity contribution in [1.29, 1.82) is 0 Å². The van der Waals surface area contributed by atoms with Crippen LogP contribution in [0.5, 0.6) is 0 Å². The molecule has 86 valence electrons. The molecule has 0 atom stereocenters. The summed E-state index contributed by atoms with van der Waals surface area (Å²) >= 11 is 0. The van der Waals surface area contributed by atoms with Gasteiger partial charge in [0, 0.05) is 0 Å². The quantitative estimate of drug-likeness (QED) is 0.831. The number of aryl methyl sites for hydroxylation is 1. The summed E-state index contributed by atoms with van der Waals surface area (Å²) < 4.78 is 0. The van der Waals surface area contributed by atoms with Crippen molar-refractivity contribution in [3.63, 3.8) is 0 Å². The lowest BCUT2D eigenvalue weighted by atomic mass is 9.97. The number of hydrogen-bond acceptors (Lipinski definition) is 2. The van der Waals surface area contributed by atoms with Crippen molar-refractivity contribution < 1.29 is 19.8 Å². The highest BCUT2D eigenvalue weighted by Crippen LogP contribution is 2.25. The predicted molar refractivity (Wildman–Crippen MR) is 62.6 cm³/mol. The van der Waals surface area contributed by atoms with Gasteiger partial charge in [-0.3, -0.25) is 0 Å². The topological polar surface area (TPSA) is 74.6 Å². The zero-order valence-corrected chi connectivity index (χ0v) is 9.10. The molecule has 0 radical (unpaired) electrons. The van der Waals surface area contributed by atoms with Gasteiger partial charge in [0.1, 0.15) is 0 Å². The predicted octanol–water partition coefficient (Wildman–Crippen LogP) is 2.54. The van der Waals surface area contributed by atoms with Gasteiger partial charge in [-0.1, -0.05) is 18.2 Å². The highest BCUT2D eigenvalue weighted by atomic mass is 16.4. The first-order valence-electron chi connectivity index (χ1n) is 5.01. The Morgan fingerprint density at radius 2 is 1.53 bits per heavy atom. The lowest BCUT2D eigenvalue weighted by Crippen LogP contribution is -2.02. The van der Waals surface area contributed by atoms with Gasteiger partial charge in [0.2, 0.25) is 0 Å². The van der Waals surface area contributed by atoms with Crippen LogP contribution in [0.4, 0.5) is 0 Å². The van der Waals surface area contributed by atoms with E-state index in [0.29, 0.717) is 16.3 Å².